The lowest BCUT2D eigenvalue weighted by Crippen LogP contribution is -2.31. The third-order valence-electron chi connectivity index (χ3n) is 4.51. The van der Waals surface area contributed by atoms with Crippen molar-refractivity contribution in [1.29, 1.82) is 0 Å². The van der Waals surface area contributed by atoms with Gasteiger partial charge in [0.25, 0.3) is 0 Å². The van der Waals surface area contributed by atoms with Crippen molar-refractivity contribution in [2.45, 2.75) is 65.9 Å². The lowest BCUT2D eigenvalue weighted by molar-refractivity contribution is 0.128. The molecule has 0 radical (unpaired) electrons. The molecule has 1 aromatic carbocycles. The fourth-order valence-corrected chi connectivity index (χ4v) is 2.89. The Morgan fingerprint density at radius 1 is 1.17 bits per heavy atom. The molecule has 0 fully saturated rings. The molecule has 1 N–H and O–H groups in total. The first-order valence-corrected chi connectivity index (χ1v) is 8.80. The van der Waals surface area contributed by atoms with Crippen LogP contribution in [0.2, 0.25) is 0 Å². The summed E-state index contributed by atoms with van der Waals surface area (Å²) < 4.78 is 6.21. The number of aromatic hydroxyl groups is 1. The Morgan fingerprint density at radius 3 is 2.62 bits per heavy atom. The van der Waals surface area contributed by atoms with E-state index in [2.05, 4.69) is 52.0 Å². The molecule has 2 rings (SSSR count). The summed E-state index contributed by atoms with van der Waals surface area (Å²) in [5, 5.41) is 9.81. The maximum absolute atomic E-state index is 9.81. The maximum atomic E-state index is 9.81. The Morgan fingerprint density at radius 2 is 1.92 bits per heavy atom. The van der Waals surface area contributed by atoms with Crippen LogP contribution in [0.15, 0.2) is 41.5 Å². The van der Waals surface area contributed by atoms with Crippen LogP contribution in [0.4, 0.5) is 0 Å². The fraction of sp³-hybridized carbons (Fsp3) is 0.455. The summed E-state index contributed by atoms with van der Waals surface area (Å²) in [6.07, 6.45) is 13.0. The van der Waals surface area contributed by atoms with Gasteiger partial charge in [-0.3, -0.25) is 0 Å². The minimum absolute atomic E-state index is 0.285. The molecule has 0 bridgehead atoms. The summed E-state index contributed by atoms with van der Waals surface area (Å²) in [4.78, 5) is 0. The largest absolute Gasteiger partial charge is 0.508 e. The molecular weight excluding hydrogens is 296 g/mol. The third kappa shape index (κ3) is 5.02. The first-order chi connectivity index (χ1) is 11.3. The molecule has 1 unspecified atom stereocenters. The van der Waals surface area contributed by atoms with Crippen molar-refractivity contribution in [1.82, 2.24) is 0 Å². The van der Waals surface area contributed by atoms with E-state index >= 15 is 0 Å². The first-order valence-electron chi connectivity index (χ1n) is 8.80. The summed E-state index contributed by atoms with van der Waals surface area (Å²) in [6, 6.07) is 3.70. The van der Waals surface area contributed by atoms with Crippen LogP contribution in [-0.2, 0) is 0 Å². The summed E-state index contributed by atoms with van der Waals surface area (Å²) >= 11 is 0. The number of phenols is 1. The fourth-order valence-electron chi connectivity index (χ4n) is 2.89. The van der Waals surface area contributed by atoms with Crippen LogP contribution in [0.25, 0.3) is 6.08 Å². The van der Waals surface area contributed by atoms with Gasteiger partial charge in [-0.1, -0.05) is 29.4 Å². The molecule has 130 valence electrons. The number of aryl methyl sites for hydroxylation is 1. The van der Waals surface area contributed by atoms with E-state index in [4.69, 9.17) is 4.74 Å². The Bertz CT molecular complexity index is 675. The third-order valence-corrected chi connectivity index (χ3v) is 4.51. The van der Waals surface area contributed by atoms with Crippen molar-refractivity contribution in [3.05, 3.63) is 52.6 Å². The van der Waals surface area contributed by atoms with Crippen LogP contribution in [-0.4, -0.2) is 10.7 Å². The van der Waals surface area contributed by atoms with Crippen molar-refractivity contribution in [3.63, 3.8) is 0 Å². The molecule has 0 amide bonds. The number of allylic oxidation sites excluding steroid dienone is 4. The van der Waals surface area contributed by atoms with E-state index in [0.717, 1.165) is 42.6 Å². The van der Waals surface area contributed by atoms with Gasteiger partial charge in [-0.15, -0.1) is 0 Å². The maximum Gasteiger partial charge on any atom is 0.128 e. The lowest BCUT2D eigenvalue weighted by Gasteiger charge is -2.31. The number of hydrogen-bond donors (Lipinski definition) is 1. The van der Waals surface area contributed by atoms with E-state index in [1.54, 1.807) is 6.07 Å². The molecule has 1 aromatic rings. The average Bonchev–Trinajstić information content (AvgIpc) is 2.48. The van der Waals surface area contributed by atoms with Gasteiger partial charge >= 0.3 is 0 Å². The molecule has 2 heteroatoms. The Balaban J connectivity index is 1.94. The van der Waals surface area contributed by atoms with Crippen LogP contribution in [0, 0.1) is 6.92 Å². The standard InChI is InChI=1S/C22H30O2/c1-16(2)8-6-9-17(3)10-7-12-22(5)13-11-19-15-20(23)18(4)14-21(19)24-22/h8,10-11,13-15,23H,6-7,9,12H2,1-5H3. The summed E-state index contributed by atoms with van der Waals surface area (Å²) in [5.41, 5.74) is 4.34. The quantitative estimate of drug-likeness (QED) is 0.618. The minimum atomic E-state index is -0.285. The van der Waals surface area contributed by atoms with Crippen molar-refractivity contribution in [3.8, 4) is 11.5 Å². The van der Waals surface area contributed by atoms with Gasteiger partial charge in [0.2, 0.25) is 0 Å². The van der Waals surface area contributed by atoms with E-state index in [-0.39, 0.29) is 5.60 Å². The zero-order chi connectivity index (χ0) is 17.7. The van der Waals surface area contributed by atoms with Gasteiger partial charge in [0.05, 0.1) is 0 Å². The second-order valence-electron chi connectivity index (χ2n) is 7.33. The van der Waals surface area contributed by atoms with Gasteiger partial charge in [-0.25, -0.2) is 0 Å². The van der Waals surface area contributed by atoms with E-state index < -0.39 is 0 Å². The van der Waals surface area contributed by atoms with E-state index in [1.807, 2.05) is 13.0 Å². The van der Waals surface area contributed by atoms with Gasteiger partial charge < -0.3 is 9.84 Å². The van der Waals surface area contributed by atoms with Crippen LogP contribution >= 0.6 is 0 Å². The Labute approximate surface area is 146 Å². The SMILES string of the molecule is CC(C)=CCCC(C)=CCCC1(C)C=Cc2cc(O)c(C)cc2O1. The van der Waals surface area contributed by atoms with Crippen molar-refractivity contribution < 1.29 is 9.84 Å². The molecule has 0 spiro atoms. The normalized spacial score (nSPS) is 19.6. The molecular formula is C22H30O2. The molecule has 0 aromatic heterocycles. The molecule has 1 heterocycles. The van der Waals surface area contributed by atoms with Crippen molar-refractivity contribution >= 4 is 6.08 Å². The summed E-state index contributed by atoms with van der Waals surface area (Å²) in [6.45, 7) is 10.5. The highest BCUT2D eigenvalue weighted by atomic mass is 16.5. The number of hydrogen-bond acceptors (Lipinski definition) is 2. The molecule has 0 aliphatic carbocycles. The molecule has 24 heavy (non-hydrogen) atoms. The van der Waals surface area contributed by atoms with E-state index in [0.29, 0.717) is 5.75 Å². The Kier molecular flexibility index (Phi) is 5.93. The highest BCUT2D eigenvalue weighted by Crippen LogP contribution is 2.37. The number of rotatable bonds is 6. The number of benzene rings is 1. The molecule has 1 aliphatic heterocycles. The summed E-state index contributed by atoms with van der Waals surface area (Å²) in [5.74, 6) is 1.18. The first kappa shape index (κ1) is 18.4. The number of fused-ring (bicyclic) bond motifs is 1. The van der Waals surface area contributed by atoms with Gasteiger partial charge in [-0.05, 0) is 84.1 Å². The molecule has 2 nitrogen and oxygen atoms in total. The molecule has 0 saturated carbocycles. The van der Waals surface area contributed by atoms with Crippen LogP contribution < -0.4 is 4.74 Å². The van der Waals surface area contributed by atoms with Gasteiger partial charge in [0.15, 0.2) is 0 Å². The van der Waals surface area contributed by atoms with Gasteiger partial charge in [-0.2, -0.15) is 0 Å². The van der Waals surface area contributed by atoms with Crippen molar-refractivity contribution in [2.24, 2.45) is 0 Å². The van der Waals surface area contributed by atoms with E-state index in [1.165, 1.54) is 11.1 Å². The molecule has 1 atom stereocenters. The highest BCUT2D eigenvalue weighted by Gasteiger charge is 2.27. The van der Waals surface area contributed by atoms with Crippen LogP contribution in [0.1, 0.15) is 64.5 Å². The topological polar surface area (TPSA) is 29.5 Å². The number of phenolic OH excluding ortho intramolecular Hbond substituents is 1. The summed E-state index contributed by atoms with van der Waals surface area (Å²) in [7, 11) is 0. The zero-order valence-electron chi connectivity index (χ0n) is 15.6. The van der Waals surface area contributed by atoms with E-state index in [9.17, 15) is 5.11 Å². The predicted octanol–water partition coefficient (Wildman–Crippen LogP) is 6.34. The Hall–Kier alpha value is -1.96. The molecule has 0 saturated heterocycles. The van der Waals surface area contributed by atoms with Crippen LogP contribution in [0.3, 0.4) is 0 Å². The highest BCUT2D eigenvalue weighted by molar-refractivity contribution is 5.64. The van der Waals surface area contributed by atoms with Gasteiger partial charge in [0.1, 0.15) is 17.1 Å². The molecule has 1 aliphatic rings. The zero-order valence-corrected chi connectivity index (χ0v) is 15.6. The van der Waals surface area contributed by atoms with Gasteiger partial charge in [0, 0.05) is 5.56 Å². The predicted molar refractivity (Wildman–Crippen MR) is 103 cm³/mol. The lowest BCUT2D eigenvalue weighted by atomic mass is 9.94. The van der Waals surface area contributed by atoms with Crippen molar-refractivity contribution in [2.75, 3.05) is 0 Å². The second-order valence-corrected chi connectivity index (χ2v) is 7.33. The number of ether oxygens (including phenoxy) is 1. The smallest absolute Gasteiger partial charge is 0.128 e. The van der Waals surface area contributed by atoms with Crippen LogP contribution in [0.5, 0.6) is 11.5 Å². The second kappa shape index (κ2) is 7.74. The monoisotopic (exact) mass is 326 g/mol. The average molecular weight is 326 g/mol. The minimum Gasteiger partial charge on any atom is -0.508 e.